The molecule has 0 spiro atoms. The van der Waals surface area contributed by atoms with Gasteiger partial charge in [-0.25, -0.2) is 0 Å². The molecule has 0 atom stereocenters. The highest BCUT2D eigenvalue weighted by Crippen LogP contribution is 2.30. The summed E-state index contributed by atoms with van der Waals surface area (Å²) in [6.45, 7) is 7.04. The van der Waals surface area contributed by atoms with Crippen molar-refractivity contribution < 1.29 is 14.3 Å². The minimum atomic E-state index is -0.433. The van der Waals surface area contributed by atoms with Gasteiger partial charge in [-0.05, 0) is 60.5 Å². The van der Waals surface area contributed by atoms with Gasteiger partial charge in [0.15, 0.2) is 5.84 Å². The van der Waals surface area contributed by atoms with Crippen molar-refractivity contribution in [1.29, 1.82) is 5.41 Å². The zero-order chi connectivity index (χ0) is 23.4. The summed E-state index contributed by atoms with van der Waals surface area (Å²) in [7, 11) is 0. The zero-order valence-corrected chi connectivity index (χ0v) is 19.7. The first kappa shape index (κ1) is 22.8. The van der Waals surface area contributed by atoms with Crippen molar-refractivity contribution in [1.82, 2.24) is 5.01 Å². The molecule has 8 heteroatoms. The van der Waals surface area contributed by atoms with E-state index in [0.29, 0.717) is 30.0 Å². The molecule has 0 radical (unpaired) electrons. The fourth-order valence-corrected chi connectivity index (χ4v) is 4.37. The number of thioether (sulfide) groups is 1. The van der Waals surface area contributed by atoms with Crippen LogP contribution in [-0.2, 0) is 4.79 Å². The topological polar surface area (TPSA) is 87.3 Å². The van der Waals surface area contributed by atoms with E-state index in [1.165, 1.54) is 22.3 Å². The second-order valence-electron chi connectivity index (χ2n) is 8.19. The lowest BCUT2D eigenvalue weighted by Gasteiger charge is -2.20. The number of ether oxygens (including phenoxy) is 2. The van der Waals surface area contributed by atoms with E-state index in [2.05, 4.69) is 23.9 Å². The molecule has 4 rings (SSSR count). The lowest BCUT2D eigenvalue weighted by Crippen LogP contribution is -2.35. The average molecular weight is 463 g/mol. The third-order valence-corrected chi connectivity index (χ3v) is 5.82. The highest BCUT2D eigenvalue weighted by molar-refractivity contribution is 8.26. The summed E-state index contributed by atoms with van der Waals surface area (Å²) in [5, 5.41) is 15.7. The SMILES string of the molecule is Cc1ccc(OCCOc2cccc(/C=C3/C(=N)N4N=C(CC(C)C)SC4=NC3=O)c2)cc1. The van der Waals surface area contributed by atoms with Crippen molar-refractivity contribution in [2.75, 3.05) is 13.2 Å². The largest absolute Gasteiger partial charge is 0.490 e. The first-order chi connectivity index (χ1) is 15.9. The number of benzene rings is 2. The van der Waals surface area contributed by atoms with Crippen LogP contribution in [0.4, 0.5) is 0 Å². The summed E-state index contributed by atoms with van der Waals surface area (Å²) in [4.78, 5) is 16.7. The van der Waals surface area contributed by atoms with Crippen LogP contribution in [0.5, 0.6) is 11.5 Å². The van der Waals surface area contributed by atoms with Gasteiger partial charge in [0.25, 0.3) is 5.91 Å². The summed E-state index contributed by atoms with van der Waals surface area (Å²) in [5.41, 5.74) is 2.13. The van der Waals surface area contributed by atoms with E-state index in [-0.39, 0.29) is 11.4 Å². The number of carbonyl (C=O) groups is 1. The van der Waals surface area contributed by atoms with E-state index < -0.39 is 5.91 Å². The molecule has 0 saturated carbocycles. The Kier molecular flexibility index (Phi) is 6.93. The fourth-order valence-electron chi connectivity index (χ4n) is 3.28. The molecule has 2 heterocycles. The summed E-state index contributed by atoms with van der Waals surface area (Å²) in [5.74, 6) is 1.50. The second-order valence-corrected chi connectivity index (χ2v) is 9.23. The Balaban J connectivity index is 1.40. The summed E-state index contributed by atoms with van der Waals surface area (Å²) < 4.78 is 11.5. The van der Waals surface area contributed by atoms with Crippen LogP contribution in [0, 0.1) is 18.3 Å². The average Bonchev–Trinajstić information content (AvgIpc) is 3.17. The van der Waals surface area contributed by atoms with Crippen LogP contribution in [0.15, 0.2) is 64.2 Å². The predicted octanol–water partition coefficient (Wildman–Crippen LogP) is 5.12. The first-order valence-corrected chi connectivity index (χ1v) is 11.6. The number of hydrazone groups is 1. The monoisotopic (exact) mass is 462 g/mol. The van der Waals surface area contributed by atoms with Crippen molar-refractivity contribution in [2.45, 2.75) is 27.2 Å². The lowest BCUT2D eigenvalue weighted by atomic mass is 10.1. The Morgan fingerprint density at radius 2 is 1.82 bits per heavy atom. The van der Waals surface area contributed by atoms with E-state index >= 15 is 0 Å². The molecule has 0 saturated heterocycles. The molecule has 0 aromatic heterocycles. The van der Waals surface area contributed by atoms with Gasteiger partial charge in [-0.2, -0.15) is 15.1 Å². The number of hydrogen-bond acceptors (Lipinski definition) is 6. The molecule has 2 aliphatic rings. The second kappa shape index (κ2) is 10.0. The Bertz CT molecular complexity index is 1150. The molecule has 0 bridgehead atoms. The van der Waals surface area contributed by atoms with Crippen LogP contribution >= 0.6 is 11.8 Å². The molecule has 1 N–H and O–H groups in total. The molecule has 0 aliphatic carbocycles. The van der Waals surface area contributed by atoms with Gasteiger partial charge in [-0.3, -0.25) is 10.2 Å². The van der Waals surface area contributed by atoms with Crippen LogP contribution in [0.25, 0.3) is 6.08 Å². The van der Waals surface area contributed by atoms with E-state index in [1.807, 2.05) is 55.5 Å². The molecule has 0 unspecified atom stereocenters. The normalized spacial score (nSPS) is 16.7. The summed E-state index contributed by atoms with van der Waals surface area (Å²) in [6, 6.07) is 15.2. The number of rotatable bonds is 8. The van der Waals surface area contributed by atoms with Gasteiger partial charge >= 0.3 is 0 Å². The van der Waals surface area contributed by atoms with Crippen molar-refractivity contribution in [3.63, 3.8) is 0 Å². The Morgan fingerprint density at radius 1 is 1.09 bits per heavy atom. The standard InChI is InChI=1S/C25H26N4O3S/c1-16(2)13-22-28-29-23(26)21(24(30)27-25(29)33-22)15-18-5-4-6-20(14-18)32-12-11-31-19-9-7-17(3)8-10-19/h4-10,14-16,26H,11-13H2,1-3H3/b21-15-,26-23?. The minimum absolute atomic E-state index is 0.0362. The molecular weight excluding hydrogens is 436 g/mol. The predicted molar refractivity (Wildman–Crippen MR) is 133 cm³/mol. The molecule has 2 aliphatic heterocycles. The van der Waals surface area contributed by atoms with Crippen LogP contribution in [0.3, 0.4) is 0 Å². The fraction of sp³-hybridized carbons (Fsp3) is 0.280. The van der Waals surface area contributed by atoms with Crippen molar-refractivity contribution >= 4 is 39.8 Å². The van der Waals surface area contributed by atoms with Gasteiger partial charge in [-0.1, -0.05) is 43.7 Å². The molecule has 7 nitrogen and oxygen atoms in total. The minimum Gasteiger partial charge on any atom is -0.490 e. The number of aryl methyl sites for hydroxylation is 1. The maximum Gasteiger partial charge on any atom is 0.283 e. The van der Waals surface area contributed by atoms with E-state index in [9.17, 15) is 4.79 Å². The quantitative estimate of drug-likeness (QED) is 0.435. The van der Waals surface area contributed by atoms with Gasteiger partial charge in [0.1, 0.15) is 29.8 Å². The third-order valence-electron chi connectivity index (χ3n) is 4.89. The molecule has 0 fully saturated rings. The zero-order valence-electron chi connectivity index (χ0n) is 18.9. The highest BCUT2D eigenvalue weighted by Gasteiger charge is 2.35. The van der Waals surface area contributed by atoms with Crippen LogP contribution in [-0.4, -0.2) is 40.2 Å². The highest BCUT2D eigenvalue weighted by atomic mass is 32.2. The van der Waals surface area contributed by atoms with Crippen LogP contribution in [0.2, 0.25) is 0 Å². The number of amides is 1. The van der Waals surface area contributed by atoms with Crippen LogP contribution in [0.1, 0.15) is 31.4 Å². The Hall–Kier alpha value is -3.39. The molecule has 2 aromatic rings. The Morgan fingerprint density at radius 3 is 2.55 bits per heavy atom. The Labute approximate surface area is 197 Å². The van der Waals surface area contributed by atoms with Gasteiger partial charge in [0.2, 0.25) is 5.17 Å². The van der Waals surface area contributed by atoms with Crippen molar-refractivity contribution in [2.24, 2.45) is 16.0 Å². The molecular formula is C25H26N4O3S. The number of carbonyl (C=O) groups excluding carboxylic acids is 1. The number of nitrogens with one attached hydrogen (secondary N) is 1. The number of nitrogens with zero attached hydrogens (tertiary/aromatic N) is 3. The van der Waals surface area contributed by atoms with Crippen molar-refractivity contribution in [3.05, 3.63) is 65.2 Å². The number of amidine groups is 2. The first-order valence-electron chi connectivity index (χ1n) is 10.8. The summed E-state index contributed by atoms with van der Waals surface area (Å²) >= 11 is 1.36. The lowest BCUT2D eigenvalue weighted by molar-refractivity contribution is -0.114. The van der Waals surface area contributed by atoms with E-state index in [4.69, 9.17) is 14.9 Å². The van der Waals surface area contributed by atoms with E-state index in [1.54, 1.807) is 6.08 Å². The number of fused-ring (bicyclic) bond motifs is 1. The third kappa shape index (κ3) is 5.70. The molecule has 2 aromatic carbocycles. The number of aliphatic imine (C=N–C) groups is 1. The molecule has 33 heavy (non-hydrogen) atoms. The molecule has 1 amide bonds. The van der Waals surface area contributed by atoms with Gasteiger partial charge in [0.05, 0.1) is 5.57 Å². The van der Waals surface area contributed by atoms with Crippen molar-refractivity contribution in [3.8, 4) is 11.5 Å². The van der Waals surface area contributed by atoms with E-state index in [0.717, 1.165) is 22.8 Å². The maximum absolute atomic E-state index is 12.6. The smallest absolute Gasteiger partial charge is 0.283 e. The van der Waals surface area contributed by atoms with Gasteiger partial charge in [-0.15, -0.1) is 0 Å². The summed E-state index contributed by atoms with van der Waals surface area (Å²) in [6.07, 6.45) is 2.44. The number of hydrogen-bond donors (Lipinski definition) is 1. The maximum atomic E-state index is 12.6. The van der Waals surface area contributed by atoms with Gasteiger partial charge < -0.3 is 9.47 Å². The van der Waals surface area contributed by atoms with Gasteiger partial charge in [0, 0.05) is 6.42 Å². The van der Waals surface area contributed by atoms with Crippen LogP contribution < -0.4 is 9.47 Å². The molecule has 170 valence electrons.